The number of halogens is 1. The first-order valence-corrected chi connectivity index (χ1v) is 10.3. The van der Waals surface area contributed by atoms with Crippen molar-refractivity contribution >= 4 is 33.3 Å². The first-order chi connectivity index (χ1) is 13.6. The van der Waals surface area contributed by atoms with Crippen LogP contribution in [0.2, 0.25) is 0 Å². The first-order valence-electron chi connectivity index (χ1n) is 9.53. The maximum atomic E-state index is 12.8. The van der Waals surface area contributed by atoms with Gasteiger partial charge in [0.15, 0.2) is 11.5 Å². The number of benzene rings is 1. The summed E-state index contributed by atoms with van der Waals surface area (Å²) in [5, 5.41) is 12.9. The zero-order chi connectivity index (χ0) is 19.3. The third-order valence-electron chi connectivity index (χ3n) is 5.87. The molecule has 2 atom stereocenters. The van der Waals surface area contributed by atoms with Gasteiger partial charge in [-0.15, -0.1) is 15.3 Å². The normalized spacial score (nSPS) is 21.5. The van der Waals surface area contributed by atoms with Crippen molar-refractivity contribution in [3.05, 3.63) is 52.3 Å². The summed E-state index contributed by atoms with van der Waals surface area (Å²) in [6.07, 6.45) is 0.454. The van der Waals surface area contributed by atoms with E-state index in [1.165, 1.54) is 0 Å². The van der Waals surface area contributed by atoms with Crippen LogP contribution in [0.15, 0.2) is 40.9 Å². The van der Waals surface area contributed by atoms with Gasteiger partial charge in [0.2, 0.25) is 5.91 Å². The molecule has 1 aromatic carbocycles. The second-order valence-electron chi connectivity index (χ2n) is 7.70. The Labute approximate surface area is 171 Å². The Morgan fingerprint density at radius 1 is 1.07 bits per heavy atom. The number of hydrogen-bond acceptors (Lipinski definition) is 5. The molecule has 2 aliphatic rings. The number of anilines is 1. The van der Waals surface area contributed by atoms with Gasteiger partial charge in [-0.05, 0) is 30.7 Å². The Bertz CT molecular complexity index is 1040. The Kier molecular flexibility index (Phi) is 4.30. The van der Waals surface area contributed by atoms with Gasteiger partial charge in [0.1, 0.15) is 5.82 Å². The maximum Gasteiger partial charge on any atom is 0.227 e. The molecule has 0 N–H and O–H groups in total. The molecule has 2 unspecified atom stereocenters. The number of carbonyl (C=O) groups is 1. The van der Waals surface area contributed by atoms with Crippen molar-refractivity contribution in [2.24, 2.45) is 11.8 Å². The lowest BCUT2D eigenvalue weighted by Gasteiger charge is -2.22. The molecule has 5 rings (SSSR count). The fourth-order valence-electron chi connectivity index (χ4n) is 4.36. The third-order valence-corrected chi connectivity index (χ3v) is 6.64. The molecule has 2 aliphatic heterocycles. The zero-order valence-electron chi connectivity index (χ0n) is 15.6. The summed E-state index contributed by atoms with van der Waals surface area (Å²) in [5.41, 5.74) is 1.82. The minimum atomic E-state index is 0.215. The molecule has 4 heterocycles. The van der Waals surface area contributed by atoms with Crippen molar-refractivity contribution in [3.63, 3.8) is 0 Å². The molecule has 1 amide bonds. The fourth-order valence-corrected chi connectivity index (χ4v) is 4.78. The lowest BCUT2D eigenvalue weighted by molar-refractivity contribution is -0.129. The molecule has 3 aromatic rings. The van der Waals surface area contributed by atoms with Crippen LogP contribution in [-0.2, 0) is 11.2 Å². The molecule has 7 nitrogen and oxygen atoms in total. The van der Waals surface area contributed by atoms with E-state index in [4.69, 9.17) is 5.10 Å². The molecular formula is C20H21BrN6O. The van der Waals surface area contributed by atoms with Gasteiger partial charge in [0.25, 0.3) is 0 Å². The number of aryl methyl sites for hydroxylation is 1. The molecule has 0 bridgehead atoms. The Morgan fingerprint density at radius 3 is 2.57 bits per heavy atom. The smallest absolute Gasteiger partial charge is 0.227 e. The van der Waals surface area contributed by atoms with Crippen LogP contribution in [0.3, 0.4) is 0 Å². The number of nitrogens with zero attached hydrogens (tertiary/aromatic N) is 6. The molecule has 0 aliphatic carbocycles. The largest absolute Gasteiger partial charge is 0.354 e. The quantitative estimate of drug-likeness (QED) is 0.625. The highest BCUT2D eigenvalue weighted by Crippen LogP contribution is 2.33. The van der Waals surface area contributed by atoms with E-state index in [1.807, 2.05) is 48.2 Å². The van der Waals surface area contributed by atoms with Crippen molar-refractivity contribution in [2.75, 3.05) is 31.1 Å². The summed E-state index contributed by atoms with van der Waals surface area (Å²) in [5.74, 6) is 2.97. The van der Waals surface area contributed by atoms with Crippen LogP contribution in [-0.4, -0.2) is 56.8 Å². The van der Waals surface area contributed by atoms with E-state index in [2.05, 4.69) is 31.0 Å². The SMILES string of the molecule is Cc1nnc2ccc(N3CC4CN(C(=O)Cc5ccccc5Br)CC4C3)nn12. The zero-order valence-corrected chi connectivity index (χ0v) is 17.2. The van der Waals surface area contributed by atoms with Gasteiger partial charge in [-0.2, -0.15) is 4.52 Å². The van der Waals surface area contributed by atoms with Gasteiger partial charge in [-0.25, -0.2) is 0 Å². The minimum Gasteiger partial charge on any atom is -0.354 e. The second-order valence-corrected chi connectivity index (χ2v) is 8.56. The van der Waals surface area contributed by atoms with Gasteiger partial charge in [-0.3, -0.25) is 4.79 Å². The number of likely N-dealkylation sites (tertiary alicyclic amines) is 1. The molecule has 0 saturated carbocycles. The van der Waals surface area contributed by atoms with Crippen LogP contribution >= 0.6 is 15.9 Å². The summed E-state index contributed by atoms with van der Waals surface area (Å²) in [4.78, 5) is 17.1. The second kappa shape index (κ2) is 6.84. The average molecular weight is 441 g/mol. The van der Waals surface area contributed by atoms with Gasteiger partial charge < -0.3 is 9.80 Å². The summed E-state index contributed by atoms with van der Waals surface area (Å²) in [6.45, 7) is 5.44. The van der Waals surface area contributed by atoms with Crippen LogP contribution in [0.25, 0.3) is 5.65 Å². The highest BCUT2D eigenvalue weighted by molar-refractivity contribution is 9.10. The van der Waals surface area contributed by atoms with Crippen LogP contribution in [0.5, 0.6) is 0 Å². The molecule has 28 heavy (non-hydrogen) atoms. The van der Waals surface area contributed by atoms with Gasteiger partial charge >= 0.3 is 0 Å². The van der Waals surface area contributed by atoms with Crippen molar-refractivity contribution in [3.8, 4) is 0 Å². The van der Waals surface area contributed by atoms with Gasteiger partial charge in [0, 0.05) is 42.5 Å². The Balaban J connectivity index is 1.25. The standard InChI is InChI=1S/C20H21BrN6O/c1-13-22-23-18-6-7-19(24-27(13)18)25-9-15-11-26(12-16(15)10-25)20(28)8-14-4-2-3-5-17(14)21/h2-7,15-16H,8-12H2,1H3. The molecule has 2 fully saturated rings. The van der Waals surface area contributed by atoms with E-state index in [9.17, 15) is 4.79 Å². The topological polar surface area (TPSA) is 66.6 Å². The monoisotopic (exact) mass is 440 g/mol. The van der Waals surface area contributed by atoms with E-state index in [0.29, 0.717) is 18.3 Å². The van der Waals surface area contributed by atoms with Gasteiger partial charge in [-0.1, -0.05) is 34.1 Å². The summed E-state index contributed by atoms with van der Waals surface area (Å²) in [6, 6.07) is 11.9. The molecule has 2 saturated heterocycles. The minimum absolute atomic E-state index is 0.215. The van der Waals surface area contributed by atoms with Crippen LogP contribution in [0.4, 0.5) is 5.82 Å². The van der Waals surface area contributed by atoms with Crippen LogP contribution in [0.1, 0.15) is 11.4 Å². The van der Waals surface area contributed by atoms with Gasteiger partial charge in [0.05, 0.1) is 6.42 Å². The number of fused-ring (bicyclic) bond motifs is 2. The van der Waals surface area contributed by atoms with E-state index < -0.39 is 0 Å². The summed E-state index contributed by atoms with van der Waals surface area (Å²) in [7, 11) is 0. The van der Waals surface area contributed by atoms with Crippen LogP contribution in [0, 0.1) is 18.8 Å². The van der Waals surface area contributed by atoms with E-state index in [0.717, 1.165) is 53.5 Å². The predicted molar refractivity (Wildman–Crippen MR) is 109 cm³/mol. The number of amides is 1. The molecule has 144 valence electrons. The third kappa shape index (κ3) is 3.05. The van der Waals surface area contributed by atoms with E-state index in [-0.39, 0.29) is 5.91 Å². The Morgan fingerprint density at radius 2 is 1.82 bits per heavy atom. The molecule has 0 radical (unpaired) electrons. The summed E-state index contributed by atoms with van der Waals surface area (Å²) < 4.78 is 2.79. The predicted octanol–water partition coefficient (Wildman–Crippen LogP) is 2.33. The number of carbonyl (C=O) groups excluding carboxylic acids is 1. The number of hydrogen-bond donors (Lipinski definition) is 0. The van der Waals surface area contributed by atoms with Crippen molar-refractivity contribution in [2.45, 2.75) is 13.3 Å². The molecule has 8 heteroatoms. The maximum absolute atomic E-state index is 12.8. The number of rotatable bonds is 3. The average Bonchev–Trinajstić information content (AvgIpc) is 3.37. The van der Waals surface area contributed by atoms with E-state index in [1.54, 1.807) is 4.52 Å². The van der Waals surface area contributed by atoms with Crippen molar-refractivity contribution in [1.82, 2.24) is 24.7 Å². The number of aromatic nitrogens is 4. The lowest BCUT2D eigenvalue weighted by atomic mass is 10.0. The molecule has 2 aromatic heterocycles. The fraction of sp³-hybridized carbons (Fsp3) is 0.400. The lowest BCUT2D eigenvalue weighted by Crippen LogP contribution is -2.34. The van der Waals surface area contributed by atoms with Crippen LogP contribution < -0.4 is 4.90 Å². The molecular weight excluding hydrogens is 420 g/mol. The summed E-state index contributed by atoms with van der Waals surface area (Å²) >= 11 is 3.54. The highest BCUT2D eigenvalue weighted by atomic mass is 79.9. The Hall–Kier alpha value is -2.48. The van der Waals surface area contributed by atoms with Crippen molar-refractivity contribution in [1.29, 1.82) is 0 Å². The molecule has 0 spiro atoms. The van der Waals surface area contributed by atoms with E-state index >= 15 is 0 Å². The van der Waals surface area contributed by atoms with Crippen molar-refractivity contribution < 1.29 is 4.79 Å². The first kappa shape index (κ1) is 17.6. The highest BCUT2D eigenvalue weighted by Gasteiger charge is 2.42.